The first-order valence-electron chi connectivity index (χ1n) is 9.03. The Labute approximate surface area is 159 Å². The Morgan fingerprint density at radius 1 is 1.39 bits per heavy atom. The Bertz CT molecular complexity index is 986. The quantitative estimate of drug-likeness (QED) is 0.627. The third-order valence-electron chi connectivity index (χ3n) is 5.97. The van der Waals surface area contributed by atoms with Crippen LogP contribution in [0.2, 0.25) is 0 Å². The number of hydrogen-bond acceptors (Lipinski definition) is 6. The van der Waals surface area contributed by atoms with Crippen molar-refractivity contribution in [2.75, 3.05) is 13.1 Å². The molecule has 2 aliphatic rings. The van der Waals surface area contributed by atoms with Gasteiger partial charge in [-0.25, -0.2) is 4.68 Å². The molecule has 10 heteroatoms. The van der Waals surface area contributed by atoms with Crippen LogP contribution in [0.3, 0.4) is 0 Å². The maximum absolute atomic E-state index is 13.0. The maximum atomic E-state index is 13.0. The van der Waals surface area contributed by atoms with E-state index in [9.17, 15) is 24.8 Å². The minimum Gasteiger partial charge on any atom is -0.481 e. The zero-order valence-electron chi connectivity index (χ0n) is 15.2. The number of carbonyl (C=O) groups excluding carboxylic acids is 1. The molecule has 2 fully saturated rings. The fourth-order valence-electron chi connectivity index (χ4n) is 4.45. The van der Waals surface area contributed by atoms with Crippen LogP contribution in [-0.4, -0.2) is 54.9 Å². The number of likely N-dealkylation sites (tertiary alicyclic amines) is 1. The molecular weight excluding hydrogens is 366 g/mol. The van der Waals surface area contributed by atoms with Gasteiger partial charge in [0.05, 0.1) is 21.7 Å². The van der Waals surface area contributed by atoms with Crippen LogP contribution in [0, 0.1) is 28.4 Å². The van der Waals surface area contributed by atoms with Gasteiger partial charge in [-0.2, -0.15) is 0 Å². The molecule has 2 aromatic rings. The van der Waals surface area contributed by atoms with E-state index in [0.29, 0.717) is 24.3 Å². The Balaban J connectivity index is 1.62. The van der Waals surface area contributed by atoms with Crippen LogP contribution in [0.25, 0.3) is 5.69 Å². The average Bonchev–Trinajstić information content (AvgIpc) is 3.33. The van der Waals surface area contributed by atoms with Crippen LogP contribution < -0.4 is 0 Å². The minimum absolute atomic E-state index is 0.0407. The molecule has 1 N–H and O–H groups in total. The van der Waals surface area contributed by atoms with E-state index in [1.54, 1.807) is 17.9 Å². The molecule has 1 aliphatic carbocycles. The number of nitro groups is 1. The SMILES string of the molecule is Cc1c(C(=O)N2C[C@@H]3CCC[C@@]3(C(=O)O)C2)nnn1-c1cccc([N+](=O)[O-])c1. The van der Waals surface area contributed by atoms with E-state index in [4.69, 9.17) is 0 Å². The van der Waals surface area contributed by atoms with Crippen molar-refractivity contribution < 1.29 is 19.6 Å². The van der Waals surface area contributed by atoms with E-state index >= 15 is 0 Å². The summed E-state index contributed by atoms with van der Waals surface area (Å²) in [6.45, 7) is 2.24. The number of carboxylic acids is 1. The van der Waals surface area contributed by atoms with Gasteiger partial charge in [-0.05, 0) is 31.7 Å². The second-order valence-electron chi connectivity index (χ2n) is 7.45. The molecule has 1 amide bonds. The molecule has 1 saturated heterocycles. The summed E-state index contributed by atoms with van der Waals surface area (Å²) in [6.07, 6.45) is 2.24. The number of aliphatic carboxylic acids is 1. The van der Waals surface area contributed by atoms with Crippen molar-refractivity contribution in [3.8, 4) is 5.69 Å². The highest BCUT2D eigenvalue weighted by Gasteiger charge is 2.56. The highest BCUT2D eigenvalue weighted by Crippen LogP contribution is 2.49. The summed E-state index contributed by atoms with van der Waals surface area (Å²) >= 11 is 0. The van der Waals surface area contributed by atoms with Crippen molar-refractivity contribution in [1.29, 1.82) is 0 Å². The van der Waals surface area contributed by atoms with Gasteiger partial charge in [0.25, 0.3) is 11.6 Å². The number of amides is 1. The number of nitro benzene ring substituents is 1. The van der Waals surface area contributed by atoms with E-state index < -0.39 is 16.3 Å². The van der Waals surface area contributed by atoms with Crippen LogP contribution in [-0.2, 0) is 4.79 Å². The molecule has 146 valence electrons. The van der Waals surface area contributed by atoms with E-state index in [1.807, 2.05) is 0 Å². The van der Waals surface area contributed by atoms with Gasteiger partial charge in [0.1, 0.15) is 0 Å². The molecule has 0 bridgehead atoms. The van der Waals surface area contributed by atoms with Gasteiger partial charge in [-0.3, -0.25) is 19.7 Å². The van der Waals surface area contributed by atoms with Gasteiger partial charge >= 0.3 is 5.97 Å². The third-order valence-corrected chi connectivity index (χ3v) is 5.97. The van der Waals surface area contributed by atoms with E-state index in [-0.39, 0.29) is 29.8 Å². The van der Waals surface area contributed by atoms with Crippen molar-refractivity contribution >= 4 is 17.6 Å². The summed E-state index contributed by atoms with van der Waals surface area (Å²) in [7, 11) is 0. The molecule has 1 saturated carbocycles. The van der Waals surface area contributed by atoms with Crippen LogP contribution in [0.1, 0.15) is 35.4 Å². The zero-order chi connectivity index (χ0) is 20.1. The lowest BCUT2D eigenvalue weighted by Gasteiger charge is -2.23. The summed E-state index contributed by atoms with van der Waals surface area (Å²) in [4.78, 5) is 36.9. The fourth-order valence-corrected chi connectivity index (χ4v) is 4.45. The van der Waals surface area contributed by atoms with Gasteiger partial charge < -0.3 is 10.0 Å². The first-order chi connectivity index (χ1) is 13.3. The Morgan fingerprint density at radius 3 is 2.86 bits per heavy atom. The van der Waals surface area contributed by atoms with Crippen LogP contribution in [0.15, 0.2) is 24.3 Å². The number of nitrogens with zero attached hydrogens (tertiary/aromatic N) is 5. The van der Waals surface area contributed by atoms with Crippen molar-refractivity contribution in [3.05, 3.63) is 45.8 Å². The monoisotopic (exact) mass is 385 g/mol. The highest BCUT2D eigenvalue weighted by molar-refractivity contribution is 5.94. The normalized spacial score (nSPS) is 23.6. The van der Waals surface area contributed by atoms with Gasteiger partial charge in [0.2, 0.25) is 0 Å². The second-order valence-corrected chi connectivity index (χ2v) is 7.45. The topological polar surface area (TPSA) is 131 Å². The Hall–Kier alpha value is -3.30. The van der Waals surface area contributed by atoms with Crippen LogP contribution >= 0.6 is 0 Å². The average molecular weight is 385 g/mol. The standard InChI is InChI=1S/C18H19N5O5/c1-11-15(19-20-22(11)13-5-2-6-14(8-13)23(27)28)16(24)21-9-12-4-3-7-18(12,10-21)17(25)26/h2,5-6,8,12H,3-4,7,9-10H2,1H3,(H,25,26)/t12-,18+/m0/s1. The lowest BCUT2D eigenvalue weighted by Crippen LogP contribution is -2.37. The fraction of sp³-hybridized carbons (Fsp3) is 0.444. The largest absolute Gasteiger partial charge is 0.481 e. The molecule has 2 heterocycles. The Kier molecular flexibility index (Phi) is 4.13. The van der Waals surface area contributed by atoms with Crippen molar-refractivity contribution in [2.24, 2.45) is 11.3 Å². The molecule has 28 heavy (non-hydrogen) atoms. The van der Waals surface area contributed by atoms with Gasteiger partial charge in [0.15, 0.2) is 5.69 Å². The summed E-state index contributed by atoms with van der Waals surface area (Å²) in [5.41, 5.74) is 0.0631. The third kappa shape index (κ3) is 2.63. The summed E-state index contributed by atoms with van der Waals surface area (Å²) in [5, 5.41) is 28.6. The molecule has 1 aliphatic heterocycles. The molecule has 4 rings (SSSR count). The molecule has 0 radical (unpaired) electrons. The van der Waals surface area contributed by atoms with Gasteiger partial charge in [-0.15, -0.1) is 5.10 Å². The van der Waals surface area contributed by atoms with Crippen molar-refractivity contribution in [1.82, 2.24) is 19.9 Å². The molecule has 0 spiro atoms. The van der Waals surface area contributed by atoms with E-state index in [0.717, 1.165) is 12.8 Å². The second kappa shape index (κ2) is 6.39. The first kappa shape index (κ1) is 18.1. The lowest BCUT2D eigenvalue weighted by molar-refractivity contribution is -0.384. The smallest absolute Gasteiger partial charge is 0.311 e. The predicted molar refractivity (Wildman–Crippen MR) is 96.1 cm³/mol. The van der Waals surface area contributed by atoms with E-state index in [1.165, 1.54) is 22.9 Å². The zero-order valence-corrected chi connectivity index (χ0v) is 15.2. The van der Waals surface area contributed by atoms with Crippen molar-refractivity contribution in [2.45, 2.75) is 26.2 Å². The summed E-state index contributed by atoms with van der Waals surface area (Å²) < 4.78 is 1.38. The van der Waals surface area contributed by atoms with Gasteiger partial charge in [-0.1, -0.05) is 17.7 Å². The maximum Gasteiger partial charge on any atom is 0.311 e. The number of hydrogen-bond donors (Lipinski definition) is 1. The molecule has 10 nitrogen and oxygen atoms in total. The molecule has 0 unspecified atom stereocenters. The molecule has 1 aromatic heterocycles. The van der Waals surface area contributed by atoms with E-state index in [2.05, 4.69) is 10.3 Å². The number of carbonyl (C=O) groups is 2. The Morgan fingerprint density at radius 2 is 2.18 bits per heavy atom. The van der Waals surface area contributed by atoms with Crippen LogP contribution in [0.4, 0.5) is 5.69 Å². The molecular formula is C18H19N5O5. The summed E-state index contributed by atoms with van der Waals surface area (Å²) in [6, 6.07) is 5.91. The number of carboxylic acid groups (broad SMARTS) is 1. The number of rotatable bonds is 4. The molecule has 2 atom stereocenters. The van der Waals surface area contributed by atoms with Crippen LogP contribution in [0.5, 0.6) is 0 Å². The number of aromatic nitrogens is 3. The van der Waals surface area contributed by atoms with Gasteiger partial charge in [0, 0.05) is 25.2 Å². The highest BCUT2D eigenvalue weighted by atomic mass is 16.6. The minimum atomic E-state index is -0.862. The number of benzene rings is 1. The predicted octanol–water partition coefficient (Wildman–Crippen LogP) is 1.81. The first-order valence-corrected chi connectivity index (χ1v) is 9.03. The molecule has 1 aromatic carbocycles. The number of non-ortho nitro benzene ring substituents is 1. The van der Waals surface area contributed by atoms with Crippen molar-refractivity contribution in [3.63, 3.8) is 0 Å². The number of fused-ring (bicyclic) bond motifs is 1. The lowest BCUT2D eigenvalue weighted by atomic mass is 9.81. The summed E-state index contributed by atoms with van der Waals surface area (Å²) in [5.74, 6) is -1.24.